The van der Waals surface area contributed by atoms with Gasteiger partial charge in [-0.3, -0.25) is 19.6 Å². The first-order valence-electron chi connectivity index (χ1n) is 7.45. The molecule has 0 aliphatic carbocycles. The first kappa shape index (κ1) is 14.4. The standard InChI is InChI=1S/C15H22N4O2/c1-16-15(20)11-19-6-7-21-14-10-18(9-13(14)19)8-12-4-2-3-5-17-12/h2-5,13-14H,6-11H2,1H3,(H,16,20)/t13-,14+/m1/s1. The smallest absolute Gasteiger partial charge is 0.233 e. The number of ether oxygens (including phenoxy) is 1. The molecule has 6 nitrogen and oxygen atoms in total. The molecule has 2 saturated heterocycles. The topological polar surface area (TPSA) is 57.7 Å². The summed E-state index contributed by atoms with van der Waals surface area (Å²) in [5.74, 6) is 0.0684. The van der Waals surface area contributed by atoms with E-state index in [2.05, 4.69) is 20.1 Å². The Labute approximate surface area is 125 Å². The second-order valence-electron chi connectivity index (χ2n) is 5.64. The first-order valence-corrected chi connectivity index (χ1v) is 7.45. The van der Waals surface area contributed by atoms with E-state index in [1.165, 1.54) is 0 Å². The van der Waals surface area contributed by atoms with Crippen molar-refractivity contribution in [1.82, 2.24) is 20.1 Å². The molecular weight excluding hydrogens is 268 g/mol. The second kappa shape index (κ2) is 6.51. The number of carbonyl (C=O) groups excluding carboxylic acids is 1. The summed E-state index contributed by atoms with van der Waals surface area (Å²) < 4.78 is 5.88. The number of morpholine rings is 1. The summed E-state index contributed by atoms with van der Waals surface area (Å²) in [6.07, 6.45) is 2.03. The van der Waals surface area contributed by atoms with E-state index >= 15 is 0 Å². The summed E-state index contributed by atoms with van der Waals surface area (Å²) in [6, 6.07) is 6.30. The van der Waals surface area contributed by atoms with Crippen molar-refractivity contribution in [3.8, 4) is 0 Å². The number of carbonyl (C=O) groups is 1. The van der Waals surface area contributed by atoms with E-state index < -0.39 is 0 Å². The van der Waals surface area contributed by atoms with Gasteiger partial charge in [0.1, 0.15) is 0 Å². The molecule has 3 rings (SSSR count). The van der Waals surface area contributed by atoms with Gasteiger partial charge in [0.05, 0.1) is 31.0 Å². The number of likely N-dealkylation sites (tertiary alicyclic amines) is 1. The van der Waals surface area contributed by atoms with Gasteiger partial charge in [0.2, 0.25) is 5.91 Å². The number of rotatable bonds is 4. The highest BCUT2D eigenvalue weighted by Crippen LogP contribution is 2.23. The van der Waals surface area contributed by atoms with Crippen molar-refractivity contribution < 1.29 is 9.53 Å². The van der Waals surface area contributed by atoms with Crippen LogP contribution in [-0.2, 0) is 16.1 Å². The number of pyridine rings is 1. The lowest BCUT2D eigenvalue weighted by atomic mass is 10.1. The normalized spacial score (nSPS) is 26.5. The predicted molar refractivity (Wildman–Crippen MR) is 78.7 cm³/mol. The van der Waals surface area contributed by atoms with Crippen molar-refractivity contribution in [3.05, 3.63) is 30.1 Å². The largest absolute Gasteiger partial charge is 0.374 e. The summed E-state index contributed by atoms with van der Waals surface area (Å²) >= 11 is 0. The van der Waals surface area contributed by atoms with E-state index in [9.17, 15) is 4.79 Å². The van der Waals surface area contributed by atoms with Crippen LogP contribution in [0.4, 0.5) is 0 Å². The quantitative estimate of drug-likeness (QED) is 0.826. The van der Waals surface area contributed by atoms with Gasteiger partial charge in [-0.05, 0) is 12.1 Å². The number of hydrogen-bond donors (Lipinski definition) is 1. The van der Waals surface area contributed by atoms with Crippen LogP contribution in [0.25, 0.3) is 0 Å². The van der Waals surface area contributed by atoms with Crippen LogP contribution < -0.4 is 5.32 Å². The Morgan fingerprint density at radius 3 is 3.14 bits per heavy atom. The lowest BCUT2D eigenvalue weighted by Gasteiger charge is -2.36. The number of nitrogens with one attached hydrogen (secondary N) is 1. The average Bonchev–Trinajstić information content (AvgIpc) is 2.91. The molecule has 1 amide bonds. The van der Waals surface area contributed by atoms with Crippen LogP contribution in [0.1, 0.15) is 5.69 Å². The van der Waals surface area contributed by atoms with Gasteiger partial charge < -0.3 is 10.1 Å². The Balaban J connectivity index is 1.61. The molecular formula is C15H22N4O2. The molecule has 0 bridgehead atoms. The predicted octanol–water partition coefficient (Wildman–Crippen LogP) is -0.287. The van der Waals surface area contributed by atoms with Gasteiger partial charge >= 0.3 is 0 Å². The van der Waals surface area contributed by atoms with Crippen molar-refractivity contribution in [2.24, 2.45) is 0 Å². The van der Waals surface area contributed by atoms with Crippen molar-refractivity contribution in [2.45, 2.75) is 18.7 Å². The Morgan fingerprint density at radius 2 is 2.38 bits per heavy atom. The van der Waals surface area contributed by atoms with Gasteiger partial charge in [0, 0.05) is 39.4 Å². The number of nitrogens with zero attached hydrogens (tertiary/aromatic N) is 3. The zero-order valence-electron chi connectivity index (χ0n) is 12.4. The molecule has 0 unspecified atom stereocenters. The summed E-state index contributed by atoms with van der Waals surface area (Å²) in [5.41, 5.74) is 1.08. The molecule has 0 radical (unpaired) electrons. The maximum Gasteiger partial charge on any atom is 0.233 e. The lowest BCUT2D eigenvalue weighted by molar-refractivity contribution is -0.125. The average molecular weight is 290 g/mol. The number of likely N-dealkylation sites (N-methyl/N-ethyl adjacent to an activating group) is 1. The second-order valence-corrected chi connectivity index (χ2v) is 5.64. The SMILES string of the molecule is CNC(=O)CN1CCO[C@H]2CN(Cc3ccccn3)C[C@H]21. The molecule has 6 heteroatoms. The Hall–Kier alpha value is -1.50. The summed E-state index contributed by atoms with van der Waals surface area (Å²) in [7, 11) is 1.68. The molecule has 1 aromatic heterocycles. The Morgan fingerprint density at radius 1 is 1.48 bits per heavy atom. The summed E-state index contributed by atoms with van der Waals surface area (Å²) in [4.78, 5) is 20.6. The van der Waals surface area contributed by atoms with Crippen LogP contribution in [0.3, 0.4) is 0 Å². The molecule has 3 heterocycles. The van der Waals surface area contributed by atoms with E-state index in [1.54, 1.807) is 7.05 Å². The third-order valence-electron chi connectivity index (χ3n) is 4.23. The van der Waals surface area contributed by atoms with Gasteiger partial charge in [-0.1, -0.05) is 6.07 Å². The molecule has 2 fully saturated rings. The minimum atomic E-state index is 0.0684. The highest BCUT2D eigenvalue weighted by atomic mass is 16.5. The minimum absolute atomic E-state index is 0.0684. The van der Waals surface area contributed by atoms with E-state index in [0.29, 0.717) is 19.2 Å². The third kappa shape index (κ3) is 3.40. The zero-order chi connectivity index (χ0) is 14.7. The van der Waals surface area contributed by atoms with Gasteiger partial charge in [0.25, 0.3) is 0 Å². The Bertz CT molecular complexity index is 482. The first-order chi connectivity index (χ1) is 10.3. The molecule has 1 N–H and O–H groups in total. The molecule has 114 valence electrons. The molecule has 0 aromatic carbocycles. The monoisotopic (exact) mass is 290 g/mol. The number of aromatic nitrogens is 1. The fourth-order valence-corrected chi connectivity index (χ4v) is 3.14. The van der Waals surface area contributed by atoms with Crippen LogP contribution in [0.15, 0.2) is 24.4 Å². The van der Waals surface area contributed by atoms with Crippen LogP contribution in [0.2, 0.25) is 0 Å². The van der Waals surface area contributed by atoms with Crippen molar-refractivity contribution in [2.75, 3.05) is 39.8 Å². The maximum atomic E-state index is 11.6. The summed E-state index contributed by atoms with van der Waals surface area (Å²) in [6.45, 7) is 4.66. The zero-order valence-corrected chi connectivity index (χ0v) is 12.4. The van der Waals surface area contributed by atoms with Crippen LogP contribution in [0, 0.1) is 0 Å². The van der Waals surface area contributed by atoms with Gasteiger partial charge in [0.15, 0.2) is 0 Å². The molecule has 0 saturated carbocycles. The van der Waals surface area contributed by atoms with E-state index in [0.717, 1.165) is 31.9 Å². The number of amides is 1. The maximum absolute atomic E-state index is 11.6. The molecule has 2 aliphatic heterocycles. The fraction of sp³-hybridized carbons (Fsp3) is 0.600. The van der Waals surface area contributed by atoms with Crippen LogP contribution in [-0.4, -0.2) is 72.7 Å². The van der Waals surface area contributed by atoms with Gasteiger partial charge in [-0.15, -0.1) is 0 Å². The molecule has 0 spiro atoms. The van der Waals surface area contributed by atoms with Crippen molar-refractivity contribution >= 4 is 5.91 Å². The van der Waals surface area contributed by atoms with E-state index in [4.69, 9.17) is 4.74 Å². The van der Waals surface area contributed by atoms with E-state index in [1.807, 2.05) is 24.4 Å². The fourth-order valence-electron chi connectivity index (χ4n) is 3.14. The van der Waals surface area contributed by atoms with Crippen LogP contribution in [0.5, 0.6) is 0 Å². The molecule has 2 atom stereocenters. The van der Waals surface area contributed by atoms with E-state index in [-0.39, 0.29) is 12.0 Å². The highest BCUT2D eigenvalue weighted by molar-refractivity contribution is 5.77. The molecule has 2 aliphatic rings. The highest BCUT2D eigenvalue weighted by Gasteiger charge is 2.40. The van der Waals surface area contributed by atoms with Crippen molar-refractivity contribution in [3.63, 3.8) is 0 Å². The number of hydrogen-bond acceptors (Lipinski definition) is 5. The van der Waals surface area contributed by atoms with Gasteiger partial charge in [-0.2, -0.15) is 0 Å². The Kier molecular flexibility index (Phi) is 4.48. The third-order valence-corrected chi connectivity index (χ3v) is 4.23. The van der Waals surface area contributed by atoms with Crippen molar-refractivity contribution in [1.29, 1.82) is 0 Å². The lowest BCUT2D eigenvalue weighted by Crippen LogP contribution is -2.53. The minimum Gasteiger partial charge on any atom is -0.374 e. The van der Waals surface area contributed by atoms with Gasteiger partial charge in [-0.25, -0.2) is 0 Å². The molecule has 21 heavy (non-hydrogen) atoms. The summed E-state index contributed by atoms with van der Waals surface area (Å²) in [5, 5.41) is 2.70. The number of fused-ring (bicyclic) bond motifs is 1. The van der Waals surface area contributed by atoms with Crippen LogP contribution >= 0.6 is 0 Å². The molecule has 1 aromatic rings.